The number of thiophene rings is 1. The van der Waals surface area contributed by atoms with Crippen LogP contribution in [0.15, 0.2) is 35.3 Å². The van der Waals surface area contributed by atoms with Crippen molar-refractivity contribution in [2.24, 2.45) is 4.99 Å². The summed E-state index contributed by atoms with van der Waals surface area (Å²) in [5.41, 5.74) is 1.34. The van der Waals surface area contributed by atoms with Gasteiger partial charge in [-0.1, -0.05) is 6.07 Å². The van der Waals surface area contributed by atoms with Crippen LogP contribution in [0.4, 0.5) is 0 Å². The van der Waals surface area contributed by atoms with Gasteiger partial charge in [-0.15, -0.1) is 35.3 Å². The number of halogens is 1. The number of nitrogens with one attached hydrogen (secondary N) is 2. The van der Waals surface area contributed by atoms with E-state index >= 15 is 0 Å². The van der Waals surface area contributed by atoms with Gasteiger partial charge >= 0.3 is 5.97 Å². The first-order valence-corrected chi connectivity index (χ1v) is 9.56. The lowest BCUT2D eigenvalue weighted by Gasteiger charge is -2.18. The van der Waals surface area contributed by atoms with Crippen molar-refractivity contribution >= 4 is 47.2 Å². The molecule has 1 atom stereocenters. The molecule has 0 radical (unpaired) electrons. The van der Waals surface area contributed by atoms with Crippen LogP contribution in [0.3, 0.4) is 0 Å². The summed E-state index contributed by atoms with van der Waals surface area (Å²) >= 11 is 1.81. The third-order valence-corrected chi connectivity index (χ3v) is 5.06. The first kappa shape index (κ1) is 24.2. The first-order chi connectivity index (χ1) is 13.0. The van der Waals surface area contributed by atoms with E-state index < -0.39 is 5.97 Å². The molecule has 0 aliphatic carbocycles. The van der Waals surface area contributed by atoms with E-state index in [4.69, 9.17) is 9.47 Å². The third-order valence-electron chi connectivity index (χ3n) is 4.04. The van der Waals surface area contributed by atoms with Gasteiger partial charge in [0.2, 0.25) is 0 Å². The van der Waals surface area contributed by atoms with Crippen molar-refractivity contribution < 1.29 is 14.3 Å². The lowest BCUT2D eigenvalue weighted by atomic mass is 10.1. The van der Waals surface area contributed by atoms with E-state index in [9.17, 15) is 4.79 Å². The Bertz CT molecular complexity index is 808. The minimum Gasteiger partial charge on any atom is -0.496 e. The summed E-state index contributed by atoms with van der Waals surface area (Å²) < 4.78 is 10.0. The van der Waals surface area contributed by atoms with E-state index in [0.29, 0.717) is 23.8 Å². The summed E-state index contributed by atoms with van der Waals surface area (Å²) in [5.74, 6) is 0.787. The van der Waals surface area contributed by atoms with Gasteiger partial charge in [-0.25, -0.2) is 4.79 Å². The quantitative estimate of drug-likeness (QED) is 0.253. The predicted molar refractivity (Wildman–Crippen MR) is 125 cm³/mol. The smallest absolute Gasteiger partial charge is 0.341 e. The van der Waals surface area contributed by atoms with Gasteiger partial charge in [0.1, 0.15) is 11.3 Å². The van der Waals surface area contributed by atoms with E-state index in [0.717, 1.165) is 12.0 Å². The van der Waals surface area contributed by atoms with Crippen LogP contribution in [0.25, 0.3) is 0 Å². The molecule has 2 N–H and O–H groups in total. The third kappa shape index (κ3) is 6.97. The molecule has 0 aliphatic rings. The van der Waals surface area contributed by atoms with Crippen LogP contribution in [0.1, 0.15) is 32.6 Å². The van der Waals surface area contributed by atoms with E-state index in [1.165, 1.54) is 24.0 Å². The molecule has 1 heterocycles. The number of hydrogen-bond acceptors (Lipinski definition) is 5. The second-order valence-electron chi connectivity index (χ2n) is 6.21. The maximum atomic E-state index is 11.9. The fourth-order valence-electron chi connectivity index (χ4n) is 2.70. The molecule has 6 nitrogen and oxygen atoms in total. The van der Waals surface area contributed by atoms with Gasteiger partial charge in [-0.2, -0.15) is 0 Å². The Kier molecular flexibility index (Phi) is 10.3. The van der Waals surface area contributed by atoms with Crippen LogP contribution in [0, 0.1) is 6.92 Å². The molecular formula is C20H28IN3O3S. The minimum atomic E-state index is -0.420. The molecule has 0 fully saturated rings. The average molecular weight is 517 g/mol. The van der Waals surface area contributed by atoms with Crippen molar-refractivity contribution in [1.82, 2.24) is 10.6 Å². The number of hydrogen-bond donors (Lipinski definition) is 2. The highest BCUT2D eigenvalue weighted by Crippen LogP contribution is 2.21. The zero-order valence-corrected chi connectivity index (χ0v) is 20.0. The van der Waals surface area contributed by atoms with Gasteiger partial charge in [-0.05, 0) is 43.7 Å². The number of aryl methyl sites for hydroxylation is 1. The Balaban J connectivity index is 0.00000392. The number of ether oxygens (including phenoxy) is 2. The van der Waals surface area contributed by atoms with Crippen LogP contribution in [-0.4, -0.2) is 39.2 Å². The molecule has 8 heteroatoms. The molecule has 0 saturated carbocycles. The average Bonchev–Trinajstić information content (AvgIpc) is 3.08. The van der Waals surface area contributed by atoms with Crippen molar-refractivity contribution in [1.29, 1.82) is 0 Å². The normalized spacial score (nSPS) is 12.0. The lowest BCUT2D eigenvalue weighted by molar-refractivity contribution is 0.0597. The Hall–Kier alpha value is -1.81. The molecule has 0 bridgehead atoms. The van der Waals surface area contributed by atoms with Gasteiger partial charge in [0.15, 0.2) is 5.96 Å². The molecule has 0 saturated heterocycles. The molecular weight excluding hydrogens is 489 g/mol. The molecule has 1 unspecified atom stereocenters. The van der Waals surface area contributed by atoms with Crippen molar-refractivity contribution in [3.05, 3.63) is 51.2 Å². The Labute approximate surface area is 187 Å². The van der Waals surface area contributed by atoms with Gasteiger partial charge in [0.05, 0.1) is 14.2 Å². The van der Waals surface area contributed by atoms with Gasteiger partial charge in [-0.3, -0.25) is 4.99 Å². The Morgan fingerprint density at radius 2 is 2.00 bits per heavy atom. The van der Waals surface area contributed by atoms with E-state index in [2.05, 4.69) is 41.6 Å². The highest BCUT2D eigenvalue weighted by Gasteiger charge is 2.14. The van der Waals surface area contributed by atoms with Crippen LogP contribution in [0.5, 0.6) is 5.75 Å². The molecule has 2 rings (SSSR count). The van der Waals surface area contributed by atoms with Gasteiger partial charge < -0.3 is 20.1 Å². The maximum absolute atomic E-state index is 11.9. The number of nitrogens with zero attached hydrogens (tertiary/aromatic N) is 1. The monoisotopic (exact) mass is 517 g/mol. The van der Waals surface area contributed by atoms with Crippen LogP contribution in [-0.2, 0) is 17.7 Å². The second kappa shape index (κ2) is 11.9. The molecule has 2 aromatic rings. The summed E-state index contributed by atoms with van der Waals surface area (Å²) in [6.45, 7) is 4.77. The summed E-state index contributed by atoms with van der Waals surface area (Å²) in [6, 6.07) is 9.99. The Morgan fingerprint density at radius 3 is 2.57 bits per heavy atom. The number of aliphatic imine (C=N–C) groups is 1. The molecule has 0 spiro atoms. The van der Waals surface area contributed by atoms with Crippen molar-refractivity contribution in [2.75, 3.05) is 21.3 Å². The Morgan fingerprint density at radius 1 is 1.25 bits per heavy atom. The summed E-state index contributed by atoms with van der Waals surface area (Å²) in [4.78, 5) is 18.8. The number of carbonyl (C=O) groups is 1. The maximum Gasteiger partial charge on any atom is 0.341 e. The molecule has 0 aliphatic heterocycles. The predicted octanol–water partition coefficient (Wildman–Crippen LogP) is 3.77. The van der Waals surface area contributed by atoms with Crippen molar-refractivity contribution in [3.8, 4) is 5.75 Å². The zero-order chi connectivity index (χ0) is 19.8. The highest BCUT2D eigenvalue weighted by molar-refractivity contribution is 14.0. The van der Waals surface area contributed by atoms with E-state index in [1.807, 2.05) is 17.4 Å². The zero-order valence-electron chi connectivity index (χ0n) is 16.9. The van der Waals surface area contributed by atoms with Crippen LogP contribution in [0.2, 0.25) is 0 Å². The summed E-state index contributed by atoms with van der Waals surface area (Å²) in [6.07, 6.45) is 0.939. The standard InChI is InChI=1S/C20H27N3O3S.HI/c1-13(10-16-8-6-14(2)27-16)23-20(21-3)22-12-15-7-9-18(25-4)17(11-15)19(24)26-5;/h6-9,11,13H,10,12H2,1-5H3,(H2,21,22,23);1H. The van der Waals surface area contributed by atoms with Crippen LogP contribution >= 0.6 is 35.3 Å². The number of benzene rings is 1. The minimum absolute atomic E-state index is 0. The highest BCUT2D eigenvalue weighted by atomic mass is 127. The van der Waals surface area contributed by atoms with E-state index in [1.54, 1.807) is 19.2 Å². The number of guanidine groups is 1. The number of esters is 1. The number of carbonyl (C=O) groups excluding carboxylic acids is 1. The van der Waals surface area contributed by atoms with Crippen molar-refractivity contribution in [2.45, 2.75) is 32.9 Å². The molecule has 0 amide bonds. The van der Waals surface area contributed by atoms with Crippen molar-refractivity contribution in [3.63, 3.8) is 0 Å². The second-order valence-corrected chi connectivity index (χ2v) is 7.59. The molecule has 28 heavy (non-hydrogen) atoms. The largest absolute Gasteiger partial charge is 0.496 e. The number of methoxy groups -OCH3 is 2. The van der Waals surface area contributed by atoms with Crippen LogP contribution < -0.4 is 15.4 Å². The molecule has 154 valence electrons. The fourth-order valence-corrected chi connectivity index (χ4v) is 3.72. The van der Waals surface area contributed by atoms with Gasteiger partial charge in [0.25, 0.3) is 0 Å². The molecule has 1 aromatic heterocycles. The molecule has 1 aromatic carbocycles. The topological polar surface area (TPSA) is 72.0 Å². The lowest BCUT2D eigenvalue weighted by Crippen LogP contribution is -2.42. The summed E-state index contributed by atoms with van der Waals surface area (Å²) in [7, 11) is 4.63. The van der Waals surface area contributed by atoms with E-state index in [-0.39, 0.29) is 30.0 Å². The number of rotatable bonds is 7. The fraction of sp³-hybridized carbons (Fsp3) is 0.400. The van der Waals surface area contributed by atoms with Gasteiger partial charge in [0, 0.05) is 35.8 Å². The SMILES string of the molecule is CN=C(NCc1ccc(OC)c(C(=O)OC)c1)NC(C)Cc1ccc(C)s1.I. The summed E-state index contributed by atoms with van der Waals surface area (Å²) in [5, 5.41) is 6.67. The first-order valence-electron chi connectivity index (χ1n) is 8.74.